The van der Waals surface area contributed by atoms with Crippen molar-refractivity contribution >= 4 is 11.6 Å². The standard InChI is InChI=1S/C21H18N4O2/c22-13-15-3-1-2-4-20(15)27-17-7-5-16(6-8-17)24-21(26)18-9-11-25-12-10-23-14-19(18)25/h1-9,11,23H,10,12,14H2,(H,24,26). The molecule has 0 bridgehead atoms. The van der Waals surface area contributed by atoms with Crippen LogP contribution in [-0.2, 0) is 13.1 Å². The van der Waals surface area contributed by atoms with Crippen molar-refractivity contribution in [3.63, 3.8) is 0 Å². The fraction of sp³-hybridized carbons (Fsp3) is 0.143. The molecule has 1 aliphatic heterocycles. The van der Waals surface area contributed by atoms with Crippen LogP contribution >= 0.6 is 0 Å². The minimum absolute atomic E-state index is 0.129. The second-order valence-corrected chi connectivity index (χ2v) is 6.23. The summed E-state index contributed by atoms with van der Waals surface area (Å²) < 4.78 is 7.87. The number of anilines is 1. The zero-order valence-corrected chi connectivity index (χ0v) is 14.6. The molecular weight excluding hydrogens is 340 g/mol. The number of hydrogen-bond donors (Lipinski definition) is 2. The maximum atomic E-state index is 12.6. The van der Waals surface area contributed by atoms with Crippen LogP contribution in [0.2, 0.25) is 0 Å². The van der Waals surface area contributed by atoms with E-state index in [0.29, 0.717) is 34.9 Å². The molecule has 0 fully saturated rings. The molecule has 2 heterocycles. The summed E-state index contributed by atoms with van der Waals surface area (Å²) in [5.41, 5.74) is 2.85. The SMILES string of the molecule is N#Cc1ccccc1Oc1ccc(NC(=O)c2ccn3c2CNCC3)cc1. The Morgan fingerprint density at radius 1 is 1.15 bits per heavy atom. The van der Waals surface area contributed by atoms with Gasteiger partial charge in [0.1, 0.15) is 17.6 Å². The van der Waals surface area contributed by atoms with Gasteiger partial charge in [-0.15, -0.1) is 0 Å². The van der Waals surface area contributed by atoms with Crippen molar-refractivity contribution < 1.29 is 9.53 Å². The zero-order chi connectivity index (χ0) is 18.6. The van der Waals surface area contributed by atoms with Crippen molar-refractivity contribution in [1.82, 2.24) is 9.88 Å². The highest BCUT2D eigenvalue weighted by Crippen LogP contribution is 2.26. The number of nitrogens with one attached hydrogen (secondary N) is 2. The number of carbonyl (C=O) groups is 1. The highest BCUT2D eigenvalue weighted by molar-refractivity contribution is 6.05. The van der Waals surface area contributed by atoms with Crippen LogP contribution in [-0.4, -0.2) is 17.0 Å². The number of amides is 1. The van der Waals surface area contributed by atoms with Gasteiger partial charge in [0.15, 0.2) is 0 Å². The van der Waals surface area contributed by atoms with Gasteiger partial charge in [-0.05, 0) is 42.5 Å². The van der Waals surface area contributed by atoms with Crippen molar-refractivity contribution in [3.8, 4) is 17.6 Å². The van der Waals surface area contributed by atoms with Gasteiger partial charge in [0.25, 0.3) is 5.91 Å². The van der Waals surface area contributed by atoms with E-state index in [4.69, 9.17) is 10.00 Å². The Morgan fingerprint density at radius 3 is 2.78 bits per heavy atom. The maximum Gasteiger partial charge on any atom is 0.257 e. The van der Waals surface area contributed by atoms with E-state index in [2.05, 4.69) is 21.3 Å². The molecule has 0 radical (unpaired) electrons. The second kappa shape index (κ2) is 7.36. The normalized spacial score (nSPS) is 12.7. The molecule has 2 N–H and O–H groups in total. The quantitative estimate of drug-likeness (QED) is 0.748. The van der Waals surface area contributed by atoms with Crippen molar-refractivity contribution in [2.45, 2.75) is 13.1 Å². The molecule has 0 atom stereocenters. The van der Waals surface area contributed by atoms with Gasteiger partial charge in [-0.2, -0.15) is 5.26 Å². The highest BCUT2D eigenvalue weighted by atomic mass is 16.5. The van der Waals surface area contributed by atoms with Gasteiger partial charge in [-0.3, -0.25) is 4.79 Å². The van der Waals surface area contributed by atoms with E-state index in [1.54, 1.807) is 42.5 Å². The van der Waals surface area contributed by atoms with Crippen LogP contribution in [0.25, 0.3) is 0 Å². The molecule has 0 saturated heterocycles. The molecule has 27 heavy (non-hydrogen) atoms. The number of benzene rings is 2. The smallest absolute Gasteiger partial charge is 0.257 e. The first kappa shape index (κ1) is 16.9. The maximum absolute atomic E-state index is 12.6. The average Bonchev–Trinajstić information content (AvgIpc) is 3.14. The van der Waals surface area contributed by atoms with Gasteiger partial charge in [0.2, 0.25) is 0 Å². The van der Waals surface area contributed by atoms with Crippen LogP contribution in [0.3, 0.4) is 0 Å². The Morgan fingerprint density at radius 2 is 1.96 bits per heavy atom. The highest BCUT2D eigenvalue weighted by Gasteiger charge is 2.18. The van der Waals surface area contributed by atoms with Crippen molar-refractivity contribution in [1.29, 1.82) is 5.26 Å². The van der Waals surface area contributed by atoms with E-state index in [-0.39, 0.29) is 5.91 Å². The van der Waals surface area contributed by atoms with Gasteiger partial charge in [-0.1, -0.05) is 12.1 Å². The molecule has 0 aliphatic carbocycles. The van der Waals surface area contributed by atoms with E-state index >= 15 is 0 Å². The zero-order valence-electron chi connectivity index (χ0n) is 14.6. The summed E-state index contributed by atoms with van der Waals surface area (Å²) in [6, 6.07) is 18.1. The van der Waals surface area contributed by atoms with Gasteiger partial charge < -0.3 is 19.9 Å². The van der Waals surface area contributed by atoms with Crippen LogP contribution in [0, 0.1) is 11.3 Å². The van der Waals surface area contributed by atoms with Crippen molar-refractivity contribution in [2.75, 3.05) is 11.9 Å². The number of ether oxygens (including phenoxy) is 1. The Balaban J connectivity index is 1.46. The van der Waals surface area contributed by atoms with E-state index in [9.17, 15) is 4.79 Å². The fourth-order valence-corrected chi connectivity index (χ4v) is 3.10. The largest absolute Gasteiger partial charge is 0.456 e. The first-order valence-electron chi connectivity index (χ1n) is 8.72. The van der Waals surface area contributed by atoms with Gasteiger partial charge in [-0.25, -0.2) is 0 Å². The minimum Gasteiger partial charge on any atom is -0.456 e. The van der Waals surface area contributed by atoms with Crippen LogP contribution < -0.4 is 15.4 Å². The van der Waals surface area contributed by atoms with Crippen LogP contribution in [0.4, 0.5) is 5.69 Å². The van der Waals surface area contributed by atoms with E-state index < -0.39 is 0 Å². The number of carbonyl (C=O) groups excluding carboxylic acids is 1. The molecule has 1 aromatic heterocycles. The third-order valence-electron chi connectivity index (χ3n) is 4.49. The second-order valence-electron chi connectivity index (χ2n) is 6.23. The third kappa shape index (κ3) is 3.54. The lowest BCUT2D eigenvalue weighted by Gasteiger charge is -2.17. The molecule has 0 spiro atoms. The molecule has 6 heteroatoms. The lowest BCUT2D eigenvalue weighted by Crippen LogP contribution is -2.29. The predicted molar refractivity (Wildman–Crippen MR) is 102 cm³/mol. The minimum atomic E-state index is -0.129. The van der Waals surface area contributed by atoms with E-state index in [0.717, 1.165) is 18.8 Å². The summed E-state index contributed by atoms with van der Waals surface area (Å²) in [4.78, 5) is 12.6. The summed E-state index contributed by atoms with van der Waals surface area (Å²) in [6.07, 6.45) is 1.95. The molecule has 3 aromatic rings. The predicted octanol–water partition coefficient (Wildman–Crippen LogP) is 3.51. The summed E-state index contributed by atoms with van der Waals surface area (Å²) in [5.74, 6) is 0.974. The Kier molecular flexibility index (Phi) is 4.60. The number of para-hydroxylation sites is 1. The van der Waals surface area contributed by atoms with Crippen LogP contribution in [0.15, 0.2) is 60.8 Å². The number of fused-ring (bicyclic) bond motifs is 1. The molecule has 2 aromatic carbocycles. The van der Waals surface area contributed by atoms with Gasteiger partial charge in [0, 0.05) is 37.2 Å². The first-order chi connectivity index (χ1) is 13.2. The average molecular weight is 358 g/mol. The Labute approximate surface area is 157 Å². The van der Waals surface area contributed by atoms with Crippen molar-refractivity contribution in [2.24, 2.45) is 0 Å². The van der Waals surface area contributed by atoms with Crippen molar-refractivity contribution in [3.05, 3.63) is 77.6 Å². The van der Waals surface area contributed by atoms with Crippen LogP contribution in [0.1, 0.15) is 21.6 Å². The topological polar surface area (TPSA) is 79.1 Å². The molecular formula is C21H18N4O2. The fourth-order valence-electron chi connectivity index (χ4n) is 3.10. The number of nitriles is 1. The third-order valence-corrected chi connectivity index (χ3v) is 4.49. The number of nitrogens with zero attached hydrogens (tertiary/aromatic N) is 2. The van der Waals surface area contributed by atoms with E-state index in [1.165, 1.54) is 0 Å². The van der Waals surface area contributed by atoms with Gasteiger partial charge in [0.05, 0.1) is 11.1 Å². The molecule has 1 aliphatic rings. The molecule has 134 valence electrons. The van der Waals surface area contributed by atoms with Crippen LogP contribution in [0.5, 0.6) is 11.5 Å². The Bertz CT molecular complexity index is 1020. The van der Waals surface area contributed by atoms with E-state index in [1.807, 2.05) is 18.3 Å². The summed E-state index contributed by atoms with van der Waals surface area (Å²) >= 11 is 0. The molecule has 4 rings (SSSR count). The lowest BCUT2D eigenvalue weighted by atomic mass is 10.2. The summed E-state index contributed by atoms with van der Waals surface area (Å²) in [7, 11) is 0. The Hall–Kier alpha value is -3.56. The molecule has 6 nitrogen and oxygen atoms in total. The first-order valence-corrected chi connectivity index (χ1v) is 8.72. The molecule has 0 unspecified atom stereocenters. The molecule has 1 amide bonds. The number of hydrogen-bond acceptors (Lipinski definition) is 4. The summed E-state index contributed by atoms with van der Waals surface area (Å²) in [6.45, 7) is 2.48. The lowest BCUT2D eigenvalue weighted by molar-refractivity contribution is 0.102. The molecule has 0 saturated carbocycles. The summed E-state index contributed by atoms with van der Waals surface area (Å²) in [5, 5.41) is 15.3. The van der Waals surface area contributed by atoms with Gasteiger partial charge >= 0.3 is 0 Å². The monoisotopic (exact) mass is 358 g/mol. The number of rotatable bonds is 4. The number of aromatic nitrogens is 1.